The van der Waals surface area contributed by atoms with E-state index in [1.807, 2.05) is 0 Å². The van der Waals surface area contributed by atoms with Crippen LogP contribution in [-0.4, -0.2) is 33.9 Å². The Morgan fingerprint density at radius 3 is 2.64 bits per heavy atom. The molecule has 0 aliphatic heterocycles. The van der Waals surface area contributed by atoms with Gasteiger partial charge in [-0.3, -0.25) is 9.36 Å². The van der Waals surface area contributed by atoms with Crippen molar-refractivity contribution < 1.29 is 22.7 Å². The number of halogens is 4. The maximum Gasteiger partial charge on any atom is 0.451 e. The Bertz CT molecular complexity index is 845. The fourth-order valence-electron chi connectivity index (χ4n) is 2.06. The number of alkyl halides is 3. The summed E-state index contributed by atoms with van der Waals surface area (Å²) in [6.45, 7) is -0.271. The van der Waals surface area contributed by atoms with Gasteiger partial charge in [-0.15, -0.1) is 5.10 Å². The number of benzene rings is 1. The molecule has 0 unspecified atom stereocenters. The van der Waals surface area contributed by atoms with Gasteiger partial charge < -0.3 is 10.1 Å². The second kappa shape index (κ2) is 7.30. The Balaban J connectivity index is 2.07. The van der Waals surface area contributed by atoms with Crippen molar-refractivity contribution in [2.75, 3.05) is 13.7 Å². The summed E-state index contributed by atoms with van der Waals surface area (Å²) < 4.78 is 44.8. The molecule has 0 saturated carbocycles. The van der Waals surface area contributed by atoms with Crippen molar-refractivity contribution in [1.29, 1.82) is 0 Å². The predicted octanol–water partition coefficient (Wildman–Crippen LogP) is 1.80. The van der Waals surface area contributed by atoms with Gasteiger partial charge in [0.1, 0.15) is 5.75 Å². The number of methoxy groups -OCH3 is 1. The Morgan fingerprint density at radius 1 is 1.40 bits per heavy atom. The van der Waals surface area contributed by atoms with Crippen molar-refractivity contribution >= 4 is 21.8 Å². The summed E-state index contributed by atoms with van der Waals surface area (Å²) in [4.78, 5) is 23.9. The van der Waals surface area contributed by atoms with E-state index in [2.05, 4.69) is 26.3 Å². The van der Waals surface area contributed by atoms with Gasteiger partial charge in [0.15, 0.2) is 0 Å². The van der Waals surface area contributed by atoms with Gasteiger partial charge >= 0.3 is 11.9 Å². The van der Waals surface area contributed by atoms with E-state index in [0.717, 1.165) is 7.05 Å². The number of ether oxygens (including phenoxy) is 1. The molecule has 25 heavy (non-hydrogen) atoms. The van der Waals surface area contributed by atoms with Crippen LogP contribution in [0.15, 0.2) is 27.5 Å². The normalized spacial score (nSPS) is 11.4. The minimum atomic E-state index is -4.73. The highest BCUT2D eigenvalue weighted by Crippen LogP contribution is 2.26. The molecule has 0 spiro atoms. The zero-order valence-electron chi connectivity index (χ0n) is 13.2. The lowest BCUT2D eigenvalue weighted by atomic mass is 10.2. The third-order valence-electron chi connectivity index (χ3n) is 3.32. The van der Waals surface area contributed by atoms with E-state index in [9.17, 15) is 22.8 Å². The van der Waals surface area contributed by atoms with E-state index < -0.39 is 23.6 Å². The van der Waals surface area contributed by atoms with E-state index in [-0.39, 0.29) is 13.1 Å². The van der Waals surface area contributed by atoms with Crippen LogP contribution in [0.1, 0.15) is 16.2 Å². The van der Waals surface area contributed by atoms with Crippen LogP contribution in [0.25, 0.3) is 0 Å². The summed E-state index contributed by atoms with van der Waals surface area (Å²) in [6.07, 6.45) is -4.73. The van der Waals surface area contributed by atoms with E-state index in [1.165, 1.54) is 13.2 Å². The molecule has 1 aromatic carbocycles. The lowest BCUT2D eigenvalue weighted by Crippen LogP contribution is -2.32. The van der Waals surface area contributed by atoms with Gasteiger partial charge in [0.05, 0.1) is 19.2 Å². The first-order valence-corrected chi connectivity index (χ1v) is 7.77. The third-order valence-corrected chi connectivity index (χ3v) is 4.01. The first-order chi connectivity index (χ1) is 11.6. The minimum Gasteiger partial charge on any atom is -0.497 e. The standard InChI is InChI=1S/C14H14BrF3N4O3/c1-21-12(14(16,17)18)20-22(13(21)24)6-5-19-11(23)9-7-8(25-2)3-4-10(9)15/h3-4,7H,5-6H2,1-2H3,(H,19,23). The highest BCUT2D eigenvalue weighted by Gasteiger charge is 2.37. The summed E-state index contributed by atoms with van der Waals surface area (Å²) in [5, 5.41) is 5.78. The average Bonchev–Trinajstić information content (AvgIpc) is 2.83. The summed E-state index contributed by atoms with van der Waals surface area (Å²) >= 11 is 3.23. The Labute approximate surface area is 148 Å². The molecule has 1 N–H and O–H groups in total. The maximum absolute atomic E-state index is 12.7. The Hall–Kier alpha value is -2.30. The molecule has 2 aromatic rings. The third kappa shape index (κ3) is 4.21. The van der Waals surface area contributed by atoms with Crippen molar-refractivity contribution in [3.05, 3.63) is 44.5 Å². The number of carbonyl (C=O) groups is 1. The maximum atomic E-state index is 12.7. The molecule has 1 aromatic heterocycles. The van der Waals surface area contributed by atoms with Crippen LogP contribution in [0, 0.1) is 0 Å². The van der Waals surface area contributed by atoms with Crippen LogP contribution >= 0.6 is 15.9 Å². The molecule has 0 fully saturated rings. The number of hydrogen-bond acceptors (Lipinski definition) is 4. The monoisotopic (exact) mass is 422 g/mol. The lowest BCUT2D eigenvalue weighted by molar-refractivity contribution is -0.147. The summed E-state index contributed by atoms with van der Waals surface area (Å²) in [5.74, 6) is -1.28. The van der Waals surface area contributed by atoms with E-state index >= 15 is 0 Å². The smallest absolute Gasteiger partial charge is 0.451 e. The summed E-state index contributed by atoms with van der Waals surface area (Å²) in [5.41, 5.74) is -0.618. The molecule has 136 valence electrons. The molecule has 0 saturated heterocycles. The minimum absolute atomic E-state index is 0.0727. The first kappa shape index (κ1) is 19.0. The zero-order chi connectivity index (χ0) is 18.8. The highest BCUT2D eigenvalue weighted by molar-refractivity contribution is 9.10. The van der Waals surface area contributed by atoms with Gasteiger partial charge in [-0.1, -0.05) is 0 Å². The van der Waals surface area contributed by atoms with Crippen LogP contribution in [0.4, 0.5) is 13.2 Å². The quantitative estimate of drug-likeness (QED) is 0.796. The van der Waals surface area contributed by atoms with Gasteiger partial charge in [0, 0.05) is 18.1 Å². The molecule has 0 radical (unpaired) electrons. The number of nitrogens with one attached hydrogen (secondary N) is 1. The second-order valence-corrected chi connectivity index (χ2v) is 5.84. The number of carbonyl (C=O) groups excluding carboxylic acids is 1. The topological polar surface area (TPSA) is 78.2 Å². The lowest BCUT2D eigenvalue weighted by Gasteiger charge is -2.08. The largest absolute Gasteiger partial charge is 0.497 e. The summed E-state index contributed by atoms with van der Waals surface area (Å²) in [7, 11) is 2.44. The van der Waals surface area contributed by atoms with Gasteiger partial charge in [-0.05, 0) is 34.1 Å². The molecule has 2 rings (SSSR count). The molecule has 0 atom stereocenters. The van der Waals surface area contributed by atoms with Crippen molar-refractivity contribution in [3.8, 4) is 5.75 Å². The molecular weight excluding hydrogens is 409 g/mol. The van der Waals surface area contributed by atoms with Crippen molar-refractivity contribution in [3.63, 3.8) is 0 Å². The number of hydrogen-bond donors (Lipinski definition) is 1. The molecule has 0 bridgehead atoms. The number of rotatable bonds is 5. The van der Waals surface area contributed by atoms with Crippen LogP contribution in [0.5, 0.6) is 5.75 Å². The SMILES string of the molecule is COc1ccc(Br)c(C(=O)NCCn2nc(C(F)(F)F)n(C)c2=O)c1. The Morgan fingerprint density at radius 2 is 2.08 bits per heavy atom. The van der Waals surface area contributed by atoms with E-state index in [4.69, 9.17) is 4.74 Å². The molecule has 0 aliphatic carbocycles. The van der Waals surface area contributed by atoms with E-state index in [0.29, 0.717) is 25.0 Å². The highest BCUT2D eigenvalue weighted by atomic mass is 79.9. The zero-order valence-corrected chi connectivity index (χ0v) is 14.8. The first-order valence-electron chi connectivity index (χ1n) is 6.98. The van der Waals surface area contributed by atoms with Crippen LogP contribution in [0.3, 0.4) is 0 Å². The van der Waals surface area contributed by atoms with Crippen molar-refractivity contribution in [1.82, 2.24) is 19.7 Å². The van der Waals surface area contributed by atoms with Crippen molar-refractivity contribution in [2.45, 2.75) is 12.7 Å². The Kier molecular flexibility index (Phi) is 5.55. The van der Waals surface area contributed by atoms with Crippen LogP contribution < -0.4 is 15.7 Å². The predicted molar refractivity (Wildman–Crippen MR) is 85.5 cm³/mol. The van der Waals surface area contributed by atoms with Crippen molar-refractivity contribution in [2.24, 2.45) is 7.05 Å². The fourth-order valence-corrected chi connectivity index (χ4v) is 2.48. The molecule has 0 aliphatic rings. The number of amides is 1. The molecule has 7 nitrogen and oxygen atoms in total. The van der Waals surface area contributed by atoms with Gasteiger partial charge in [-0.2, -0.15) is 13.2 Å². The van der Waals surface area contributed by atoms with Gasteiger partial charge in [0.2, 0.25) is 5.82 Å². The van der Waals surface area contributed by atoms with Crippen LogP contribution in [0.2, 0.25) is 0 Å². The second-order valence-electron chi connectivity index (χ2n) is 4.99. The number of aromatic nitrogens is 3. The fraction of sp³-hybridized carbons (Fsp3) is 0.357. The van der Waals surface area contributed by atoms with E-state index in [1.54, 1.807) is 12.1 Å². The number of nitrogens with zero attached hydrogens (tertiary/aromatic N) is 3. The molecule has 1 heterocycles. The average molecular weight is 423 g/mol. The molecule has 11 heteroatoms. The van der Waals surface area contributed by atoms with Gasteiger partial charge in [-0.25, -0.2) is 9.48 Å². The molecular formula is C14H14BrF3N4O3. The molecule has 1 amide bonds. The van der Waals surface area contributed by atoms with Crippen LogP contribution in [-0.2, 0) is 19.8 Å². The van der Waals surface area contributed by atoms with Gasteiger partial charge in [0.25, 0.3) is 5.91 Å². The summed E-state index contributed by atoms with van der Waals surface area (Å²) in [6, 6.07) is 4.80.